The Balaban J connectivity index is 1.62. The number of nitrogen functional groups attached to an aromatic ring is 1. The van der Waals surface area contributed by atoms with Gasteiger partial charge in [-0.2, -0.15) is 23.3 Å². The van der Waals surface area contributed by atoms with E-state index in [1.165, 1.54) is 31.5 Å². The van der Waals surface area contributed by atoms with E-state index in [9.17, 15) is 22.4 Å². The van der Waals surface area contributed by atoms with E-state index in [4.69, 9.17) is 26.8 Å². The van der Waals surface area contributed by atoms with Gasteiger partial charge in [0.1, 0.15) is 17.2 Å². The summed E-state index contributed by atoms with van der Waals surface area (Å²) in [6, 6.07) is 6.01. The molecule has 1 aromatic carbocycles. The molecule has 0 aliphatic heterocycles. The van der Waals surface area contributed by atoms with Crippen molar-refractivity contribution in [2.75, 3.05) is 18.2 Å². The number of anilines is 2. The predicted octanol–water partition coefficient (Wildman–Crippen LogP) is 4.50. The Morgan fingerprint density at radius 1 is 1.17 bits per heavy atom. The lowest BCUT2D eigenvalue weighted by molar-refractivity contribution is -0.143. The Morgan fingerprint density at radius 2 is 1.94 bits per heavy atom. The summed E-state index contributed by atoms with van der Waals surface area (Å²) in [6.45, 7) is 0. The number of carbonyl (C=O) groups excluding carboxylic acids is 1. The first-order valence-corrected chi connectivity index (χ1v) is 10.2. The van der Waals surface area contributed by atoms with Crippen molar-refractivity contribution < 1.29 is 31.8 Å². The summed E-state index contributed by atoms with van der Waals surface area (Å²) in [4.78, 5) is 24.0. The number of aromatic nitrogens is 5. The van der Waals surface area contributed by atoms with Crippen LogP contribution in [0.1, 0.15) is 16.1 Å². The smallest absolute Gasteiger partial charge is 0.434 e. The number of pyridine rings is 1. The standard InChI is InChI=1S/C21H14ClF4N7O3/c1-35-14-3-2-6-28-18(14)33-16(21(24,25)26)11(8-31-33)19(34)32-10-4-5-13(12(23)7-10)36-20-15(22)17(27)29-9-30-20/h2-9H,1H3,(H,32,34)(H2,27,29,30). The van der Waals surface area contributed by atoms with E-state index in [1.54, 1.807) is 0 Å². The number of benzene rings is 1. The zero-order valence-electron chi connectivity index (χ0n) is 18.0. The molecule has 4 rings (SSSR count). The zero-order chi connectivity index (χ0) is 26.0. The van der Waals surface area contributed by atoms with E-state index in [2.05, 4.69) is 25.4 Å². The predicted molar refractivity (Wildman–Crippen MR) is 119 cm³/mol. The number of alkyl halides is 3. The first kappa shape index (κ1) is 24.7. The van der Waals surface area contributed by atoms with Gasteiger partial charge in [0.25, 0.3) is 5.91 Å². The third-order valence-electron chi connectivity index (χ3n) is 4.63. The second-order valence-electron chi connectivity index (χ2n) is 6.93. The van der Waals surface area contributed by atoms with E-state index in [0.717, 1.165) is 24.7 Å². The van der Waals surface area contributed by atoms with Crippen LogP contribution in [0.25, 0.3) is 5.82 Å². The van der Waals surface area contributed by atoms with E-state index in [-0.39, 0.29) is 39.7 Å². The Hall–Kier alpha value is -4.46. The fraction of sp³-hybridized carbons (Fsp3) is 0.0952. The molecule has 0 saturated heterocycles. The second kappa shape index (κ2) is 9.65. The van der Waals surface area contributed by atoms with Crippen molar-refractivity contribution in [2.24, 2.45) is 0 Å². The van der Waals surface area contributed by atoms with Gasteiger partial charge in [-0.1, -0.05) is 11.6 Å². The molecule has 0 radical (unpaired) electrons. The number of ether oxygens (including phenoxy) is 2. The number of halogens is 5. The molecule has 0 spiro atoms. The third kappa shape index (κ3) is 4.84. The number of hydrogen-bond acceptors (Lipinski definition) is 8. The van der Waals surface area contributed by atoms with Gasteiger partial charge in [-0.05, 0) is 24.3 Å². The van der Waals surface area contributed by atoms with Gasteiger partial charge in [0, 0.05) is 18.0 Å². The van der Waals surface area contributed by atoms with Crippen LogP contribution in [0.4, 0.5) is 29.1 Å². The number of methoxy groups -OCH3 is 1. The van der Waals surface area contributed by atoms with Crippen molar-refractivity contribution >= 4 is 29.0 Å². The minimum atomic E-state index is -4.99. The van der Waals surface area contributed by atoms with Crippen LogP contribution in [-0.2, 0) is 6.18 Å². The van der Waals surface area contributed by atoms with Crippen molar-refractivity contribution in [3.63, 3.8) is 0 Å². The minimum absolute atomic E-state index is 0.00117. The fourth-order valence-corrected chi connectivity index (χ4v) is 3.19. The van der Waals surface area contributed by atoms with Crippen molar-refractivity contribution in [3.05, 3.63) is 71.2 Å². The molecular formula is C21H14ClF4N7O3. The summed E-state index contributed by atoms with van der Waals surface area (Å²) in [6.07, 6.45) is -1.97. The molecule has 10 nitrogen and oxygen atoms in total. The van der Waals surface area contributed by atoms with Crippen LogP contribution >= 0.6 is 11.6 Å². The number of hydrogen-bond donors (Lipinski definition) is 2. The molecule has 3 N–H and O–H groups in total. The van der Waals surface area contributed by atoms with Gasteiger partial charge in [0.15, 0.2) is 28.8 Å². The largest absolute Gasteiger partial charge is 0.493 e. The number of nitrogens with zero attached hydrogens (tertiary/aromatic N) is 5. The number of rotatable bonds is 6. The molecule has 0 fully saturated rings. The molecule has 186 valence electrons. The second-order valence-corrected chi connectivity index (χ2v) is 7.30. The first-order valence-electron chi connectivity index (χ1n) is 9.79. The summed E-state index contributed by atoms with van der Waals surface area (Å²) in [5.41, 5.74) is 3.17. The highest BCUT2D eigenvalue weighted by Crippen LogP contribution is 2.36. The maximum atomic E-state index is 14.6. The lowest BCUT2D eigenvalue weighted by Gasteiger charge is -2.14. The van der Waals surface area contributed by atoms with Crippen LogP contribution in [-0.4, -0.2) is 37.7 Å². The summed E-state index contributed by atoms with van der Waals surface area (Å²) in [7, 11) is 1.25. The summed E-state index contributed by atoms with van der Waals surface area (Å²) in [5, 5.41) is 5.74. The highest BCUT2D eigenvalue weighted by Gasteiger charge is 2.41. The van der Waals surface area contributed by atoms with E-state index < -0.39 is 29.2 Å². The molecule has 0 bridgehead atoms. The Morgan fingerprint density at radius 3 is 2.64 bits per heavy atom. The number of amides is 1. The van der Waals surface area contributed by atoms with Crippen molar-refractivity contribution in [1.82, 2.24) is 24.7 Å². The van der Waals surface area contributed by atoms with E-state index >= 15 is 0 Å². The molecular weight excluding hydrogens is 510 g/mol. The quantitative estimate of drug-likeness (QED) is 0.353. The van der Waals surface area contributed by atoms with Gasteiger partial charge < -0.3 is 20.5 Å². The monoisotopic (exact) mass is 523 g/mol. The molecule has 1 amide bonds. The summed E-state index contributed by atoms with van der Waals surface area (Å²) >= 11 is 5.91. The lowest BCUT2D eigenvalue weighted by Crippen LogP contribution is -2.21. The van der Waals surface area contributed by atoms with E-state index in [0.29, 0.717) is 4.68 Å². The highest BCUT2D eigenvalue weighted by molar-refractivity contribution is 6.34. The Kier molecular flexibility index (Phi) is 6.61. The molecule has 0 atom stereocenters. The lowest BCUT2D eigenvalue weighted by atomic mass is 10.2. The minimum Gasteiger partial charge on any atom is -0.493 e. The zero-order valence-corrected chi connectivity index (χ0v) is 18.8. The fourth-order valence-electron chi connectivity index (χ4n) is 3.05. The third-order valence-corrected chi connectivity index (χ3v) is 4.99. The van der Waals surface area contributed by atoms with Crippen molar-refractivity contribution in [3.8, 4) is 23.2 Å². The summed E-state index contributed by atoms with van der Waals surface area (Å²) < 4.78 is 67.1. The van der Waals surface area contributed by atoms with Crippen molar-refractivity contribution in [1.29, 1.82) is 0 Å². The summed E-state index contributed by atoms with van der Waals surface area (Å²) in [5.74, 6) is -3.07. The van der Waals surface area contributed by atoms with Crippen LogP contribution in [0.2, 0.25) is 5.02 Å². The van der Waals surface area contributed by atoms with Gasteiger partial charge >= 0.3 is 6.18 Å². The Labute approximate surface area is 204 Å². The molecule has 0 aliphatic rings. The van der Waals surface area contributed by atoms with Gasteiger partial charge in [0.2, 0.25) is 5.88 Å². The molecule has 0 saturated carbocycles. The van der Waals surface area contributed by atoms with Crippen LogP contribution in [0.3, 0.4) is 0 Å². The van der Waals surface area contributed by atoms with Crippen molar-refractivity contribution in [2.45, 2.75) is 6.18 Å². The molecule has 4 aromatic rings. The molecule has 3 aromatic heterocycles. The number of nitrogens with two attached hydrogens (primary N) is 1. The normalized spacial score (nSPS) is 11.3. The average molecular weight is 524 g/mol. The molecule has 15 heteroatoms. The first-order chi connectivity index (χ1) is 17.1. The highest BCUT2D eigenvalue weighted by atomic mass is 35.5. The molecule has 0 aliphatic carbocycles. The van der Waals surface area contributed by atoms with Gasteiger partial charge in [-0.15, -0.1) is 0 Å². The topological polar surface area (TPSA) is 130 Å². The van der Waals surface area contributed by atoms with E-state index in [1.807, 2.05) is 0 Å². The van der Waals surface area contributed by atoms with Gasteiger partial charge in [-0.3, -0.25) is 4.79 Å². The maximum Gasteiger partial charge on any atom is 0.434 e. The van der Waals surface area contributed by atoms with Crippen LogP contribution in [0.5, 0.6) is 17.4 Å². The Bertz CT molecular complexity index is 1450. The van der Waals surface area contributed by atoms with Crippen LogP contribution in [0.15, 0.2) is 49.1 Å². The van der Waals surface area contributed by atoms with Crippen LogP contribution < -0.4 is 20.5 Å². The number of nitrogens with one attached hydrogen (secondary N) is 1. The average Bonchev–Trinajstić information content (AvgIpc) is 3.29. The van der Waals surface area contributed by atoms with Crippen LogP contribution in [0, 0.1) is 5.82 Å². The molecule has 0 unspecified atom stereocenters. The maximum absolute atomic E-state index is 14.6. The van der Waals surface area contributed by atoms with Gasteiger partial charge in [-0.25, -0.2) is 19.0 Å². The molecule has 3 heterocycles. The van der Waals surface area contributed by atoms with Gasteiger partial charge in [0.05, 0.1) is 18.9 Å². The SMILES string of the molecule is COc1cccnc1-n1ncc(C(=O)Nc2ccc(Oc3ncnc(N)c3Cl)c(F)c2)c1C(F)(F)F. The molecule has 36 heavy (non-hydrogen) atoms. The number of carbonyl (C=O) groups is 1.